The summed E-state index contributed by atoms with van der Waals surface area (Å²) in [5.74, 6) is 1.74. The van der Waals surface area contributed by atoms with Crippen LogP contribution < -0.4 is 10.2 Å². The highest BCUT2D eigenvalue weighted by molar-refractivity contribution is 6.21. The molecule has 3 aromatic carbocycles. The molecule has 7 rings (SSSR count). The van der Waals surface area contributed by atoms with E-state index in [-0.39, 0.29) is 23.8 Å². The second-order valence-electron chi connectivity index (χ2n) is 10.5. The summed E-state index contributed by atoms with van der Waals surface area (Å²) in [7, 11) is 1.81. The number of nitrogens with one attached hydrogen (secondary N) is 1. The Bertz CT molecular complexity index is 1560. The second-order valence-corrected chi connectivity index (χ2v) is 10.5. The predicted octanol–water partition coefficient (Wildman–Crippen LogP) is 6.05. The Morgan fingerprint density at radius 1 is 0.923 bits per heavy atom. The third kappa shape index (κ3) is 4.07. The third-order valence-electron chi connectivity index (χ3n) is 7.99. The number of hydrogen-bond acceptors (Lipinski definition) is 5. The average Bonchev–Trinajstić information content (AvgIpc) is 3.51. The molecule has 0 spiro atoms. The molecule has 0 bridgehead atoms. The summed E-state index contributed by atoms with van der Waals surface area (Å²) >= 11 is 0. The Hall–Kier alpha value is -4.46. The predicted molar refractivity (Wildman–Crippen MR) is 151 cm³/mol. The summed E-state index contributed by atoms with van der Waals surface area (Å²) in [6.07, 6.45) is 4.40. The van der Waals surface area contributed by atoms with Crippen molar-refractivity contribution < 1.29 is 9.18 Å². The summed E-state index contributed by atoms with van der Waals surface area (Å²) in [6.45, 7) is 0.501. The first-order chi connectivity index (χ1) is 19.1. The summed E-state index contributed by atoms with van der Waals surface area (Å²) in [5.41, 5.74) is 4.49. The molecule has 0 saturated heterocycles. The van der Waals surface area contributed by atoms with Gasteiger partial charge in [-0.2, -0.15) is 5.10 Å². The van der Waals surface area contributed by atoms with Crippen molar-refractivity contribution in [2.45, 2.75) is 44.3 Å². The number of aliphatic imine (C=N–C) groups is 1. The van der Waals surface area contributed by atoms with Crippen LogP contribution in [-0.4, -0.2) is 45.7 Å². The van der Waals surface area contributed by atoms with E-state index in [1.54, 1.807) is 17.0 Å². The molecule has 8 heteroatoms. The molecule has 39 heavy (non-hydrogen) atoms. The van der Waals surface area contributed by atoms with Crippen molar-refractivity contribution in [3.05, 3.63) is 95.8 Å². The second kappa shape index (κ2) is 9.38. The molecule has 0 unspecified atom stereocenters. The molecule has 4 aromatic rings. The lowest BCUT2D eigenvalue weighted by molar-refractivity contribution is 0.0865. The molecule has 1 amide bonds. The fourth-order valence-electron chi connectivity index (χ4n) is 6.03. The lowest BCUT2D eigenvalue weighted by Crippen LogP contribution is -2.53. The van der Waals surface area contributed by atoms with E-state index < -0.39 is 0 Å². The van der Waals surface area contributed by atoms with E-state index in [4.69, 9.17) is 10.1 Å². The number of amides is 1. The largest absolute Gasteiger partial charge is 0.338 e. The van der Waals surface area contributed by atoms with E-state index in [2.05, 4.69) is 22.3 Å². The Labute approximate surface area is 226 Å². The fourth-order valence-corrected chi connectivity index (χ4v) is 6.03. The standard InChI is InChI=1S/C31H29FN6O/c1-36-30(39)27-28(33-24-7-3-2-4-8-24)35-37(29(27)38-26-10-6-5-9-25(26)34-31(36)38)19-20-11-13-21(14-12-20)22-15-17-23(32)18-16-22/h2-4,7-8,11-18,25-26H,5-6,9-10,19H2,1H3,(H,33,35)/t25-,26+/m1/s1. The first-order valence-electron chi connectivity index (χ1n) is 13.5. The molecular formula is C31H29FN6O. The van der Waals surface area contributed by atoms with Gasteiger partial charge in [-0.15, -0.1) is 0 Å². The molecule has 3 aliphatic rings. The Balaban J connectivity index is 1.29. The number of anilines is 3. The molecule has 1 aliphatic carbocycles. The van der Waals surface area contributed by atoms with Crippen molar-refractivity contribution in [1.82, 2.24) is 14.7 Å². The maximum absolute atomic E-state index is 13.8. The molecule has 1 saturated carbocycles. The highest BCUT2D eigenvalue weighted by Gasteiger charge is 2.48. The number of guanidine groups is 1. The molecule has 0 radical (unpaired) electrons. The van der Waals surface area contributed by atoms with Gasteiger partial charge in [0, 0.05) is 12.7 Å². The van der Waals surface area contributed by atoms with Gasteiger partial charge in [0.05, 0.1) is 18.6 Å². The maximum atomic E-state index is 13.8. The number of aromatic nitrogens is 2. The monoisotopic (exact) mass is 520 g/mol. The number of carbonyl (C=O) groups is 1. The normalized spacial score (nSPS) is 19.8. The number of halogens is 1. The van der Waals surface area contributed by atoms with Crippen LogP contribution in [0, 0.1) is 5.82 Å². The van der Waals surface area contributed by atoms with Crippen LogP contribution in [0.15, 0.2) is 83.9 Å². The highest BCUT2D eigenvalue weighted by atomic mass is 19.1. The van der Waals surface area contributed by atoms with E-state index in [1.165, 1.54) is 12.1 Å². The van der Waals surface area contributed by atoms with Crippen molar-refractivity contribution in [3.63, 3.8) is 0 Å². The number of hydrogen-bond donors (Lipinski definition) is 1. The fraction of sp³-hybridized carbons (Fsp3) is 0.258. The molecule has 196 valence electrons. The molecule has 1 aromatic heterocycles. The quantitative estimate of drug-likeness (QED) is 0.348. The number of carbonyl (C=O) groups excluding carboxylic acids is 1. The molecule has 7 nitrogen and oxygen atoms in total. The zero-order chi connectivity index (χ0) is 26.5. The van der Waals surface area contributed by atoms with Gasteiger partial charge in [0.1, 0.15) is 17.2 Å². The van der Waals surface area contributed by atoms with E-state index >= 15 is 0 Å². The van der Waals surface area contributed by atoms with Crippen molar-refractivity contribution in [2.75, 3.05) is 17.3 Å². The Morgan fingerprint density at radius 2 is 1.62 bits per heavy atom. The van der Waals surface area contributed by atoms with E-state index in [0.29, 0.717) is 17.9 Å². The average molecular weight is 521 g/mol. The minimum Gasteiger partial charge on any atom is -0.338 e. The van der Waals surface area contributed by atoms with Crippen LogP contribution >= 0.6 is 0 Å². The Kier molecular flexibility index (Phi) is 5.68. The summed E-state index contributed by atoms with van der Waals surface area (Å²) in [6, 6.07) is 25.0. The molecular weight excluding hydrogens is 491 g/mol. The number of benzene rings is 3. The molecule has 2 aliphatic heterocycles. The van der Waals surface area contributed by atoms with Crippen LogP contribution in [-0.2, 0) is 6.54 Å². The van der Waals surface area contributed by atoms with Gasteiger partial charge in [-0.3, -0.25) is 14.6 Å². The van der Waals surface area contributed by atoms with Gasteiger partial charge in [-0.25, -0.2) is 14.1 Å². The molecule has 3 heterocycles. The molecule has 1 fully saturated rings. The van der Waals surface area contributed by atoms with Gasteiger partial charge >= 0.3 is 0 Å². The number of para-hydroxylation sites is 1. The van der Waals surface area contributed by atoms with Crippen LogP contribution in [0.2, 0.25) is 0 Å². The highest BCUT2D eigenvalue weighted by Crippen LogP contribution is 2.42. The van der Waals surface area contributed by atoms with Gasteiger partial charge in [0.2, 0.25) is 5.96 Å². The van der Waals surface area contributed by atoms with Crippen LogP contribution in [0.4, 0.5) is 21.7 Å². The zero-order valence-corrected chi connectivity index (χ0v) is 21.7. The first kappa shape index (κ1) is 23.6. The van der Waals surface area contributed by atoms with Crippen LogP contribution in [0.3, 0.4) is 0 Å². The maximum Gasteiger partial charge on any atom is 0.267 e. The zero-order valence-electron chi connectivity index (χ0n) is 21.7. The topological polar surface area (TPSA) is 65.8 Å². The lowest BCUT2D eigenvalue weighted by atomic mass is 9.90. The van der Waals surface area contributed by atoms with Crippen LogP contribution in [0.1, 0.15) is 41.6 Å². The minimum atomic E-state index is -0.246. The van der Waals surface area contributed by atoms with Crippen molar-refractivity contribution in [1.29, 1.82) is 0 Å². The lowest BCUT2D eigenvalue weighted by Gasteiger charge is -2.38. The Morgan fingerprint density at radius 3 is 2.36 bits per heavy atom. The van der Waals surface area contributed by atoms with E-state index in [1.807, 2.05) is 54.2 Å². The molecule has 2 atom stereocenters. The van der Waals surface area contributed by atoms with Gasteiger partial charge in [0.25, 0.3) is 5.91 Å². The van der Waals surface area contributed by atoms with Crippen molar-refractivity contribution >= 4 is 29.2 Å². The van der Waals surface area contributed by atoms with Gasteiger partial charge < -0.3 is 5.32 Å². The van der Waals surface area contributed by atoms with Gasteiger partial charge in [0.15, 0.2) is 5.82 Å². The summed E-state index contributed by atoms with van der Waals surface area (Å²) in [5, 5.41) is 8.37. The summed E-state index contributed by atoms with van der Waals surface area (Å²) < 4.78 is 15.3. The summed E-state index contributed by atoms with van der Waals surface area (Å²) in [4.78, 5) is 22.7. The van der Waals surface area contributed by atoms with E-state index in [9.17, 15) is 9.18 Å². The smallest absolute Gasteiger partial charge is 0.267 e. The van der Waals surface area contributed by atoms with Crippen LogP contribution in [0.25, 0.3) is 11.1 Å². The number of nitrogens with zero attached hydrogens (tertiary/aromatic N) is 5. The first-order valence-corrected chi connectivity index (χ1v) is 13.5. The van der Waals surface area contributed by atoms with Gasteiger partial charge in [-0.05, 0) is 53.8 Å². The van der Waals surface area contributed by atoms with Crippen LogP contribution in [0.5, 0.6) is 0 Å². The molecule has 1 N–H and O–H groups in total. The SMILES string of the molecule is CN1C(=O)c2c(Nc3ccccc3)nn(Cc3ccc(-c4ccc(F)cc4)cc3)c2N2C1=N[C@@H]1CCCC[C@@H]12. The number of fused-ring (bicyclic) bond motifs is 5. The van der Waals surface area contributed by atoms with Crippen molar-refractivity contribution in [2.24, 2.45) is 4.99 Å². The number of rotatable bonds is 5. The van der Waals surface area contributed by atoms with E-state index in [0.717, 1.165) is 59.8 Å². The van der Waals surface area contributed by atoms with Gasteiger partial charge in [-0.1, -0.05) is 67.4 Å². The van der Waals surface area contributed by atoms with Crippen molar-refractivity contribution in [3.8, 4) is 11.1 Å². The minimum absolute atomic E-state index is 0.102. The third-order valence-corrected chi connectivity index (χ3v) is 7.99.